The minimum atomic E-state index is -1.21. The maximum Gasteiger partial charge on any atom is 0.255 e. The third-order valence-electron chi connectivity index (χ3n) is 5.21. The van der Waals surface area contributed by atoms with Crippen LogP contribution in [0.1, 0.15) is 51.4 Å². The van der Waals surface area contributed by atoms with E-state index in [2.05, 4.69) is 6.58 Å². The molecule has 0 unspecified atom stereocenters. The number of likely N-dealkylation sites (tertiary alicyclic amines) is 1. The summed E-state index contributed by atoms with van der Waals surface area (Å²) in [7, 11) is 1.92. The van der Waals surface area contributed by atoms with Crippen LogP contribution in [0.4, 0.5) is 0 Å². The van der Waals surface area contributed by atoms with E-state index in [-0.39, 0.29) is 5.91 Å². The molecule has 1 aliphatic heterocycles. The van der Waals surface area contributed by atoms with Gasteiger partial charge in [0.2, 0.25) is 0 Å². The van der Waals surface area contributed by atoms with Crippen LogP contribution in [0.15, 0.2) is 12.7 Å². The van der Waals surface area contributed by atoms with Crippen LogP contribution in [0, 0.1) is 5.92 Å². The van der Waals surface area contributed by atoms with Gasteiger partial charge in [-0.2, -0.15) is 0 Å². The average Bonchev–Trinajstić information content (AvgIpc) is 2.50. The van der Waals surface area contributed by atoms with Crippen molar-refractivity contribution in [2.24, 2.45) is 5.92 Å². The normalized spacial score (nSPS) is 27.4. The molecule has 1 N–H and O–H groups in total. The van der Waals surface area contributed by atoms with Gasteiger partial charge in [0.15, 0.2) is 5.60 Å². The summed E-state index contributed by atoms with van der Waals surface area (Å²) >= 11 is 0. The first-order chi connectivity index (χ1) is 10.5. The molecule has 4 nitrogen and oxygen atoms in total. The minimum Gasteiger partial charge on any atom is -0.379 e. The smallest absolute Gasteiger partial charge is 0.255 e. The zero-order valence-electron chi connectivity index (χ0n) is 14.1. The van der Waals surface area contributed by atoms with Gasteiger partial charge in [-0.05, 0) is 32.2 Å². The Morgan fingerprint density at radius 2 is 2.09 bits per heavy atom. The summed E-state index contributed by atoms with van der Waals surface area (Å²) in [6.07, 6.45) is 11.1. The maximum absolute atomic E-state index is 12.7. The third kappa shape index (κ3) is 4.56. The number of carbonyl (C=O) groups excluding carboxylic acids is 1. The minimum absolute atomic E-state index is 0.0644. The largest absolute Gasteiger partial charge is 0.379 e. The lowest BCUT2D eigenvalue weighted by atomic mass is 9.86. The van der Waals surface area contributed by atoms with Crippen molar-refractivity contribution in [3.8, 4) is 0 Å². The van der Waals surface area contributed by atoms with Gasteiger partial charge in [0, 0.05) is 26.2 Å². The molecule has 0 aromatic rings. The second-order valence-corrected chi connectivity index (χ2v) is 7.21. The lowest BCUT2D eigenvalue weighted by molar-refractivity contribution is -0.159. The van der Waals surface area contributed by atoms with Gasteiger partial charge in [-0.3, -0.25) is 9.69 Å². The highest BCUT2D eigenvalue weighted by molar-refractivity contribution is 5.86. The summed E-state index contributed by atoms with van der Waals surface area (Å²) in [4.78, 5) is 16.6. The van der Waals surface area contributed by atoms with Crippen molar-refractivity contribution in [2.75, 3.05) is 33.2 Å². The topological polar surface area (TPSA) is 43.8 Å². The molecule has 2 aliphatic rings. The van der Waals surface area contributed by atoms with Crippen LogP contribution in [-0.4, -0.2) is 59.6 Å². The van der Waals surface area contributed by atoms with Crippen LogP contribution in [0.3, 0.4) is 0 Å². The highest BCUT2D eigenvalue weighted by atomic mass is 16.3. The summed E-state index contributed by atoms with van der Waals surface area (Å²) in [5, 5.41) is 10.8. The van der Waals surface area contributed by atoms with Crippen LogP contribution in [0.25, 0.3) is 0 Å². The molecule has 0 radical (unpaired) electrons. The number of hydrogen-bond donors (Lipinski definition) is 1. The molecule has 0 aromatic carbocycles. The first-order valence-corrected chi connectivity index (χ1v) is 8.86. The number of rotatable bonds is 7. The lowest BCUT2D eigenvalue weighted by Crippen LogP contribution is -2.58. The molecule has 2 fully saturated rings. The quantitative estimate of drug-likeness (QED) is 0.735. The van der Waals surface area contributed by atoms with E-state index < -0.39 is 5.60 Å². The van der Waals surface area contributed by atoms with Crippen LogP contribution >= 0.6 is 0 Å². The second-order valence-electron chi connectivity index (χ2n) is 7.21. The Hall–Kier alpha value is -0.870. The fourth-order valence-corrected chi connectivity index (χ4v) is 3.97. The zero-order chi connectivity index (χ0) is 16.0. The van der Waals surface area contributed by atoms with Gasteiger partial charge in [0.05, 0.1) is 0 Å². The molecule has 1 atom stereocenters. The molecule has 2 rings (SSSR count). The Morgan fingerprint density at radius 3 is 2.77 bits per heavy atom. The van der Waals surface area contributed by atoms with Gasteiger partial charge in [0.1, 0.15) is 0 Å². The molecule has 22 heavy (non-hydrogen) atoms. The van der Waals surface area contributed by atoms with Gasteiger partial charge >= 0.3 is 0 Å². The van der Waals surface area contributed by atoms with Gasteiger partial charge in [0.25, 0.3) is 5.91 Å². The Kier molecular flexibility index (Phi) is 6.45. The number of nitrogens with zero attached hydrogens (tertiary/aromatic N) is 2. The third-order valence-corrected chi connectivity index (χ3v) is 5.21. The van der Waals surface area contributed by atoms with Gasteiger partial charge in [-0.15, -0.1) is 6.58 Å². The SMILES string of the molecule is C=CCN(C)C[C@@]1(O)CCCN(CCC2CCCCC2)C1=O. The lowest BCUT2D eigenvalue weighted by Gasteiger charge is -2.40. The summed E-state index contributed by atoms with van der Waals surface area (Å²) in [6.45, 7) is 6.43. The molecule has 0 spiro atoms. The van der Waals surface area contributed by atoms with Crippen molar-refractivity contribution in [3.63, 3.8) is 0 Å². The molecule has 0 bridgehead atoms. The standard InChI is InChI=1S/C18H32N2O2/c1-3-12-19(2)15-18(22)11-7-13-20(17(18)21)14-10-16-8-5-4-6-9-16/h3,16,22H,1,4-15H2,2H3/t18-/m0/s1. The molecular weight excluding hydrogens is 276 g/mol. The Labute approximate surface area is 135 Å². The summed E-state index contributed by atoms with van der Waals surface area (Å²) in [6, 6.07) is 0. The van der Waals surface area contributed by atoms with Crippen molar-refractivity contribution < 1.29 is 9.90 Å². The molecule has 1 aliphatic carbocycles. The predicted molar refractivity (Wildman–Crippen MR) is 89.6 cm³/mol. The highest BCUT2D eigenvalue weighted by Crippen LogP contribution is 2.28. The monoisotopic (exact) mass is 308 g/mol. The van der Waals surface area contributed by atoms with E-state index in [1.54, 1.807) is 6.08 Å². The van der Waals surface area contributed by atoms with E-state index in [9.17, 15) is 9.90 Å². The van der Waals surface area contributed by atoms with Gasteiger partial charge in [-0.25, -0.2) is 0 Å². The van der Waals surface area contributed by atoms with Crippen molar-refractivity contribution >= 4 is 5.91 Å². The number of amides is 1. The van der Waals surface area contributed by atoms with Crippen molar-refractivity contribution in [1.29, 1.82) is 0 Å². The van der Waals surface area contributed by atoms with Crippen LogP contribution < -0.4 is 0 Å². The Bertz CT molecular complexity index is 379. The Balaban J connectivity index is 1.86. The van der Waals surface area contributed by atoms with Crippen LogP contribution in [0.5, 0.6) is 0 Å². The average molecular weight is 308 g/mol. The first-order valence-electron chi connectivity index (χ1n) is 8.86. The molecule has 1 saturated heterocycles. The van der Waals surface area contributed by atoms with E-state index in [0.29, 0.717) is 19.5 Å². The summed E-state index contributed by atoms with van der Waals surface area (Å²) < 4.78 is 0. The maximum atomic E-state index is 12.7. The van der Waals surface area contributed by atoms with E-state index in [1.807, 2.05) is 16.8 Å². The molecule has 4 heteroatoms. The second kappa shape index (κ2) is 8.11. The number of carbonyl (C=O) groups is 1. The fourth-order valence-electron chi connectivity index (χ4n) is 3.97. The molecule has 126 valence electrons. The number of piperidine rings is 1. The fraction of sp³-hybridized carbons (Fsp3) is 0.833. The van der Waals surface area contributed by atoms with Crippen LogP contribution in [-0.2, 0) is 4.79 Å². The van der Waals surface area contributed by atoms with Gasteiger partial charge < -0.3 is 10.0 Å². The molecule has 1 amide bonds. The first kappa shape index (κ1) is 17.5. The van der Waals surface area contributed by atoms with E-state index in [1.165, 1.54) is 32.1 Å². The van der Waals surface area contributed by atoms with E-state index in [0.717, 1.165) is 31.8 Å². The zero-order valence-corrected chi connectivity index (χ0v) is 14.1. The highest BCUT2D eigenvalue weighted by Gasteiger charge is 2.42. The summed E-state index contributed by atoms with van der Waals surface area (Å²) in [5.74, 6) is 0.713. The predicted octanol–water partition coefficient (Wildman–Crippen LogP) is 2.43. The van der Waals surface area contributed by atoms with E-state index in [4.69, 9.17) is 0 Å². The van der Waals surface area contributed by atoms with Crippen molar-refractivity contribution in [3.05, 3.63) is 12.7 Å². The molecule has 1 saturated carbocycles. The summed E-state index contributed by atoms with van der Waals surface area (Å²) in [5.41, 5.74) is -1.21. The van der Waals surface area contributed by atoms with Gasteiger partial charge in [-0.1, -0.05) is 38.2 Å². The molecule has 1 heterocycles. The van der Waals surface area contributed by atoms with Crippen molar-refractivity contribution in [1.82, 2.24) is 9.80 Å². The molecule has 0 aromatic heterocycles. The number of aliphatic hydroxyl groups is 1. The van der Waals surface area contributed by atoms with Crippen molar-refractivity contribution in [2.45, 2.75) is 57.0 Å². The Morgan fingerprint density at radius 1 is 1.36 bits per heavy atom. The molecular formula is C18H32N2O2. The number of likely N-dealkylation sites (N-methyl/N-ethyl adjacent to an activating group) is 1. The van der Waals surface area contributed by atoms with Crippen LogP contribution in [0.2, 0.25) is 0 Å². The number of hydrogen-bond acceptors (Lipinski definition) is 3. The van der Waals surface area contributed by atoms with E-state index >= 15 is 0 Å².